The van der Waals surface area contributed by atoms with Crippen LogP contribution in [0.25, 0.3) is 0 Å². The van der Waals surface area contributed by atoms with Crippen molar-refractivity contribution in [2.45, 2.75) is 6.61 Å². The van der Waals surface area contributed by atoms with Crippen molar-refractivity contribution in [1.29, 1.82) is 0 Å². The smallest absolute Gasteiger partial charge is 0.287 e. The molecule has 0 unspecified atom stereocenters. The summed E-state index contributed by atoms with van der Waals surface area (Å²) in [5.74, 6) is 0.374. The van der Waals surface area contributed by atoms with E-state index in [1.807, 2.05) is 24.3 Å². The van der Waals surface area contributed by atoms with Gasteiger partial charge in [0.25, 0.3) is 5.69 Å². The van der Waals surface area contributed by atoms with E-state index in [1.165, 1.54) is 18.3 Å². The van der Waals surface area contributed by atoms with Gasteiger partial charge in [0.1, 0.15) is 12.8 Å². The minimum absolute atomic E-state index is 0.0448. The fraction of sp³-hybridized carbons (Fsp3) is 0.0833. The van der Waals surface area contributed by atoms with Crippen LogP contribution in [0.4, 0.5) is 5.69 Å². The SMILES string of the molecule is O=[N+]([O-])c1ccc(OCc2ccc(I)cc2)nc1. The second kappa shape index (κ2) is 5.76. The molecule has 2 aromatic rings. The Balaban J connectivity index is 1.97. The lowest BCUT2D eigenvalue weighted by molar-refractivity contribution is -0.385. The van der Waals surface area contributed by atoms with Crippen LogP contribution in [0, 0.1) is 13.7 Å². The molecule has 0 saturated heterocycles. The number of halogens is 1. The molecule has 0 radical (unpaired) electrons. The van der Waals surface area contributed by atoms with E-state index in [0.717, 1.165) is 9.13 Å². The van der Waals surface area contributed by atoms with Gasteiger partial charge in [-0.3, -0.25) is 10.1 Å². The van der Waals surface area contributed by atoms with Gasteiger partial charge in [-0.2, -0.15) is 0 Å². The number of hydrogen-bond acceptors (Lipinski definition) is 4. The predicted molar refractivity (Wildman–Crippen MR) is 74.4 cm³/mol. The maximum atomic E-state index is 10.4. The molecule has 0 aliphatic carbocycles. The Kier molecular flexibility index (Phi) is 4.08. The zero-order valence-corrected chi connectivity index (χ0v) is 11.4. The van der Waals surface area contributed by atoms with E-state index in [-0.39, 0.29) is 5.69 Å². The summed E-state index contributed by atoms with van der Waals surface area (Å²) in [7, 11) is 0. The van der Waals surface area contributed by atoms with E-state index >= 15 is 0 Å². The fourth-order valence-corrected chi connectivity index (χ4v) is 1.66. The molecule has 0 amide bonds. The van der Waals surface area contributed by atoms with Gasteiger partial charge in [0.2, 0.25) is 5.88 Å². The molecular formula is C12H9IN2O3. The highest BCUT2D eigenvalue weighted by atomic mass is 127. The molecular weight excluding hydrogens is 347 g/mol. The van der Waals surface area contributed by atoms with Crippen molar-refractivity contribution in [3.8, 4) is 5.88 Å². The first kappa shape index (κ1) is 12.7. The van der Waals surface area contributed by atoms with Crippen LogP contribution in [0.5, 0.6) is 5.88 Å². The second-order valence-corrected chi connectivity index (χ2v) is 4.77. The molecule has 5 nitrogen and oxygen atoms in total. The van der Waals surface area contributed by atoms with Crippen LogP contribution in [0.2, 0.25) is 0 Å². The molecule has 1 heterocycles. The zero-order chi connectivity index (χ0) is 13.0. The van der Waals surface area contributed by atoms with E-state index in [0.29, 0.717) is 12.5 Å². The van der Waals surface area contributed by atoms with Gasteiger partial charge < -0.3 is 4.74 Å². The van der Waals surface area contributed by atoms with E-state index in [2.05, 4.69) is 27.6 Å². The van der Waals surface area contributed by atoms with Crippen molar-refractivity contribution in [1.82, 2.24) is 4.98 Å². The predicted octanol–water partition coefficient (Wildman–Crippen LogP) is 3.17. The number of pyridine rings is 1. The van der Waals surface area contributed by atoms with Gasteiger partial charge in [0.15, 0.2) is 0 Å². The van der Waals surface area contributed by atoms with Gasteiger partial charge in [-0.25, -0.2) is 4.98 Å². The van der Waals surface area contributed by atoms with Gasteiger partial charge in [-0.1, -0.05) is 12.1 Å². The van der Waals surface area contributed by atoms with Gasteiger partial charge in [0.05, 0.1) is 4.92 Å². The second-order valence-electron chi connectivity index (χ2n) is 3.53. The maximum Gasteiger partial charge on any atom is 0.287 e. The molecule has 6 heteroatoms. The highest BCUT2D eigenvalue weighted by Crippen LogP contribution is 2.15. The van der Waals surface area contributed by atoms with Gasteiger partial charge in [-0.15, -0.1) is 0 Å². The van der Waals surface area contributed by atoms with Crippen LogP contribution in [0.1, 0.15) is 5.56 Å². The molecule has 92 valence electrons. The summed E-state index contributed by atoms with van der Waals surface area (Å²) in [5, 5.41) is 10.4. The van der Waals surface area contributed by atoms with Crippen molar-refractivity contribution >= 4 is 28.3 Å². The number of aromatic nitrogens is 1. The third-order valence-corrected chi connectivity index (χ3v) is 2.95. The number of rotatable bonds is 4. The molecule has 18 heavy (non-hydrogen) atoms. The molecule has 1 aromatic carbocycles. The molecule has 0 fully saturated rings. The average Bonchev–Trinajstić information content (AvgIpc) is 2.38. The first-order valence-corrected chi connectivity index (χ1v) is 6.21. The van der Waals surface area contributed by atoms with Crippen molar-refractivity contribution in [3.63, 3.8) is 0 Å². The Morgan fingerprint density at radius 2 is 1.94 bits per heavy atom. The summed E-state index contributed by atoms with van der Waals surface area (Å²) in [6.45, 7) is 0.391. The summed E-state index contributed by atoms with van der Waals surface area (Å²) >= 11 is 2.23. The normalized spacial score (nSPS) is 10.1. The third kappa shape index (κ3) is 3.39. The summed E-state index contributed by atoms with van der Waals surface area (Å²) in [4.78, 5) is 13.8. The van der Waals surface area contributed by atoms with Crippen molar-refractivity contribution in [2.75, 3.05) is 0 Å². The molecule has 0 atom stereocenters. The number of benzene rings is 1. The lowest BCUT2D eigenvalue weighted by Gasteiger charge is -2.04. The molecule has 0 saturated carbocycles. The van der Waals surface area contributed by atoms with E-state index in [4.69, 9.17) is 4.74 Å². The topological polar surface area (TPSA) is 65.3 Å². The summed E-state index contributed by atoms with van der Waals surface area (Å²) in [6.07, 6.45) is 1.18. The van der Waals surface area contributed by atoms with Gasteiger partial charge >= 0.3 is 0 Å². The molecule has 0 N–H and O–H groups in total. The summed E-state index contributed by atoms with van der Waals surface area (Å²) in [6, 6.07) is 10.8. The Hall–Kier alpha value is -1.70. The van der Waals surface area contributed by atoms with Crippen LogP contribution in [0.15, 0.2) is 42.6 Å². The number of ether oxygens (including phenoxy) is 1. The number of nitro groups is 1. The standard InChI is InChI=1S/C12H9IN2O3/c13-10-3-1-9(2-4-10)8-18-12-6-5-11(7-14-12)15(16)17/h1-7H,8H2. The van der Waals surface area contributed by atoms with Crippen molar-refractivity contribution in [3.05, 3.63) is 61.8 Å². The first-order valence-electron chi connectivity index (χ1n) is 5.13. The van der Waals surface area contributed by atoms with E-state index < -0.39 is 4.92 Å². The maximum absolute atomic E-state index is 10.4. The molecule has 0 bridgehead atoms. The Labute approximate surface area is 117 Å². The molecule has 0 aliphatic heterocycles. The highest BCUT2D eigenvalue weighted by Gasteiger charge is 2.05. The molecule has 0 spiro atoms. The minimum atomic E-state index is -0.490. The van der Waals surface area contributed by atoms with Crippen LogP contribution in [0.3, 0.4) is 0 Å². The Bertz CT molecular complexity index is 540. The van der Waals surface area contributed by atoms with Crippen molar-refractivity contribution < 1.29 is 9.66 Å². The van der Waals surface area contributed by atoms with Crippen LogP contribution < -0.4 is 4.74 Å². The first-order chi connectivity index (χ1) is 8.65. The zero-order valence-electron chi connectivity index (χ0n) is 9.25. The van der Waals surface area contributed by atoms with E-state index in [1.54, 1.807) is 0 Å². The lowest BCUT2D eigenvalue weighted by atomic mass is 10.2. The van der Waals surface area contributed by atoms with Gasteiger partial charge in [0, 0.05) is 15.7 Å². The molecule has 2 rings (SSSR count). The summed E-state index contributed by atoms with van der Waals surface area (Å²) < 4.78 is 6.59. The van der Waals surface area contributed by atoms with Crippen LogP contribution in [-0.2, 0) is 6.61 Å². The largest absolute Gasteiger partial charge is 0.473 e. The molecule has 0 aliphatic rings. The van der Waals surface area contributed by atoms with E-state index in [9.17, 15) is 10.1 Å². The average molecular weight is 356 g/mol. The monoisotopic (exact) mass is 356 g/mol. The van der Waals surface area contributed by atoms with Crippen molar-refractivity contribution in [2.24, 2.45) is 0 Å². The van der Waals surface area contributed by atoms with Gasteiger partial charge in [-0.05, 0) is 40.3 Å². The minimum Gasteiger partial charge on any atom is -0.473 e. The highest BCUT2D eigenvalue weighted by molar-refractivity contribution is 14.1. The van der Waals surface area contributed by atoms with Crippen LogP contribution >= 0.6 is 22.6 Å². The Morgan fingerprint density at radius 1 is 1.22 bits per heavy atom. The molecule has 1 aromatic heterocycles. The lowest BCUT2D eigenvalue weighted by Crippen LogP contribution is -1.97. The third-order valence-electron chi connectivity index (χ3n) is 2.23. The quantitative estimate of drug-likeness (QED) is 0.480. The van der Waals surface area contributed by atoms with Crippen LogP contribution in [-0.4, -0.2) is 9.91 Å². The fourth-order valence-electron chi connectivity index (χ4n) is 1.30. The Morgan fingerprint density at radius 3 is 2.50 bits per heavy atom. The summed E-state index contributed by atoms with van der Waals surface area (Å²) in [5.41, 5.74) is 0.979. The number of nitrogens with zero attached hydrogens (tertiary/aromatic N) is 2. The number of hydrogen-bond donors (Lipinski definition) is 0.